The van der Waals surface area contributed by atoms with Gasteiger partial charge in [0, 0.05) is 25.1 Å². The quantitative estimate of drug-likeness (QED) is 0.661. The first kappa shape index (κ1) is 10.8. The molecule has 3 aromatic rings. The number of carbonyl (C=O) groups is 1. The number of benzene rings is 1. The summed E-state index contributed by atoms with van der Waals surface area (Å²) in [6.07, 6.45) is 5.43. The summed E-state index contributed by atoms with van der Waals surface area (Å²) in [5.74, 6) is 0.0490. The van der Waals surface area contributed by atoms with E-state index in [1.807, 2.05) is 37.5 Å². The fraction of sp³-hybridized carbons (Fsp3) is 0.143. The Hall–Kier alpha value is -2.36. The van der Waals surface area contributed by atoms with Crippen molar-refractivity contribution in [2.24, 2.45) is 7.05 Å². The van der Waals surface area contributed by atoms with Crippen LogP contribution in [0.15, 0.2) is 47.3 Å². The van der Waals surface area contributed by atoms with E-state index in [1.165, 1.54) is 6.26 Å². The van der Waals surface area contributed by atoms with E-state index in [9.17, 15) is 4.79 Å². The maximum Gasteiger partial charge on any atom is 0.171 e. The van der Waals surface area contributed by atoms with Crippen LogP contribution in [0.2, 0.25) is 0 Å². The molecule has 0 atom stereocenters. The average Bonchev–Trinajstić information content (AvgIpc) is 2.95. The van der Waals surface area contributed by atoms with Gasteiger partial charge < -0.3 is 4.42 Å². The number of hydrogen-bond acceptors (Lipinski definition) is 3. The Kier molecular flexibility index (Phi) is 2.48. The van der Waals surface area contributed by atoms with E-state index in [4.69, 9.17) is 4.42 Å². The van der Waals surface area contributed by atoms with E-state index in [-0.39, 0.29) is 5.78 Å². The van der Waals surface area contributed by atoms with Crippen LogP contribution in [0.25, 0.3) is 11.0 Å². The van der Waals surface area contributed by atoms with Crippen LogP contribution in [-0.2, 0) is 13.5 Å². The summed E-state index contributed by atoms with van der Waals surface area (Å²) in [6, 6.07) is 7.55. The van der Waals surface area contributed by atoms with Crippen molar-refractivity contribution in [1.29, 1.82) is 0 Å². The molecule has 2 aromatic heterocycles. The molecule has 0 unspecified atom stereocenters. The first-order valence-electron chi connectivity index (χ1n) is 5.71. The minimum atomic E-state index is 0.0490. The number of fused-ring (bicyclic) bond motifs is 1. The Labute approximate surface area is 104 Å². The number of furan rings is 1. The third-order valence-corrected chi connectivity index (χ3v) is 2.90. The Bertz CT molecular complexity index is 709. The lowest BCUT2D eigenvalue weighted by Gasteiger charge is -1.95. The van der Waals surface area contributed by atoms with Gasteiger partial charge in [-0.25, -0.2) is 0 Å². The van der Waals surface area contributed by atoms with E-state index in [2.05, 4.69) is 5.10 Å². The van der Waals surface area contributed by atoms with Crippen molar-refractivity contribution in [2.75, 3.05) is 0 Å². The molecule has 0 saturated carbocycles. The van der Waals surface area contributed by atoms with Crippen molar-refractivity contribution in [2.45, 2.75) is 6.42 Å². The van der Waals surface area contributed by atoms with Gasteiger partial charge in [0.2, 0.25) is 0 Å². The number of aryl methyl sites for hydroxylation is 1. The summed E-state index contributed by atoms with van der Waals surface area (Å²) in [7, 11) is 1.83. The molecular formula is C14H12N2O2. The molecule has 0 spiro atoms. The van der Waals surface area contributed by atoms with E-state index < -0.39 is 0 Å². The zero-order chi connectivity index (χ0) is 12.5. The topological polar surface area (TPSA) is 48.0 Å². The van der Waals surface area contributed by atoms with Gasteiger partial charge in [-0.3, -0.25) is 9.48 Å². The number of nitrogens with zero attached hydrogens (tertiary/aromatic N) is 2. The highest BCUT2D eigenvalue weighted by Gasteiger charge is 2.14. The normalized spacial score (nSPS) is 10.9. The number of rotatable bonds is 3. The SMILES string of the molecule is Cn1cc(CC(=O)c2coc3ccccc23)cn1. The van der Waals surface area contributed by atoms with E-state index in [0.29, 0.717) is 12.0 Å². The van der Waals surface area contributed by atoms with E-state index in [1.54, 1.807) is 10.9 Å². The second-order valence-corrected chi connectivity index (χ2v) is 4.27. The van der Waals surface area contributed by atoms with Crippen LogP contribution in [-0.4, -0.2) is 15.6 Å². The summed E-state index contributed by atoms with van der Waals surface area (Å²) < 4.78 is 7.06. The number of hydrogen-bond donors (Lipinski definition) is 0. The molecule has 0 radical (unpaired) electrons. The maximum atomic E-state index is 12.2. The van der Waals surface area contributed by atoms with Gasteiger partial charge in [0.15, 0.2) is 5.78 Å². The summed E-state index contributed by atoms with van der Waals surface area (Å²) in [5.41, 5.74) is 2.29. The van der Waals surface area contributed by atoms with Crippen LogP contribution in [0.3, 0.4) is 0 Å². The van der Waals surface area contributed by atoms with E-state index in [0.717, 1.165) is 16.5 Å². The van der Waals surface area contributed by atoms with Crippen LogP contribution >= 0.6 is 0 Å². The minimum absolute atomic E-state index is 0.0490. The lowest BCUT2D eigenvalue weighted by Crippen LogP contribution is -2.01. The zero-order valence-corrected chi connectivity index (χ0v) is 9.96. The maximum absolute atomic E-state index is 12.2. The molecule has 4 nitrogen and oxygen atoms in total. The third kappa shape index (κ3) is 1.82. The monoisotopic (exact) mass is 240 g/mol. The number of aromatic nitrogens is 2. The molecule has 0 amide bonds. The lowest BCUT2D eigenvalue weighted by atomic mass is 10.0. The zero-order valence-electron chi connectivity index (χ0n) is 9.96. The molecule has 0 aliphatic carbocycles. The van der Waals surface area contributed by atoms with Gasteiger partial charge in [-0.2, -0.15) is 5.10 Å². The highest BCUT2D eigenvalue weighted by atomic mass is 16.3. The molecule has 4 heteroatoms. The molecule has 0 N–H and O–H groups in total. The second-order valence-electron chi connectivity index (χ2n) is 4.27. The largest absolute Gasteiger partial charge is 0.464 e. The Balaban J connectivity index is 1.92. The van der Waals surface area contributed by atoms with Gasteiger partial charge in [0.05, 0.1) is 11.8 Å². The smallest absolute Gasteiger partial charge is 0.171 e. The standard InChI is InChI=1S/C14H12N2O2/c1-16-8-10(7-15-16)6-13(17)12-9-18-14-5-3-2-4-11(12)14/h2-5,7-9H,6H2,1H3. The first-order chi connectivity index (χ1) is 8.74. The van der Waals surface area contributed by atoms with Gasteiger partial charge in [0.1, 0.15) is 11.8 Å². The molecule has 1 aromatic carbocycles. The number of ketones is 1. The van der Waals surface area contributed by atoms with Crippen molar-refractivity contribution in [3.63, 3.8) is 0 Å². The van der Waals surface area contributed by atoms with Crippen LogP contribution in [0.5, 0.6) is 0 Å². The first-order valence-corrected chi connectivity index (χ1v) is 5.71. The fourth-order valence-corrected chi connectivity index (χ4v) is 2.04. The molecule has 3 rings (SSSR count). The van der Waals surface area contributed by atoms with Crippen LogP contribution in [0.1, 0.15) is 15.9 Å². The third-order valence-electron chi connectivity index (χ3n) is 2.90. The van der Waals surface area contributed by atoms with E-state index >= 15 is 0 Å². The molecule has 18 heavy (non-hydrogen) atoms. The summed E-state index contributed by atoms with van der Waals surface area (Å²) in [5, 5.41) is 4.92. The number of para-hydroxylation sites is 1. The molecule has 0 aliphatic heterocycles. The summed E-state index contributed by atoms with van der Waals surface area (Å²) >= 11 is 0. The highest BCUT2D eigenvalue weighted by molar-refractivity contribution is 6.07. The predicted molar refractivity (Wildman–Crippen MR) is 67.5 cm³/mol. The molecule has 0 bridgehead atoms. The van der Waals surface area contributed by atoms with Gasteiger partial charge in [-0.1, -0.05) is 18.2 Å². The Morgan fingerprint density at radius 1 is 1.39 bits per heavy atom. The van der Waals surface area contributed by atoms with Crippen molar-refractivity contribution < 1.29 is 9.21 Å². The average molecular weight is 240 g/mol. The van der Waals surface area contributed by atoms with Crippen LogP contribution in [0, 0.1) is 0 Å². The highest BCUT2D eigenvalue weighted by Crippen LogP contribution is 2.22. The molecule has 0 aliphatic rings. The lowest BCUT2D eigenvalue weighted by molar-refractivity contribution is 0.0993. The number of carbonyl (C=O) groups excluding carboxylic acids is 1. The molecule has 0 fully saturated rings. The van der Waals surface area contributed by atoms with Gasteiger partial charge in [-0.05, 0) is 11.6 Å². The van der Waals surface area contributed by atoms with Crippen LogP contribution in [0.4, 0.5) is 0 Å². The van der Waals surface area contributed by atoms with Crippen molar-refractivity contribution in [3.05, 3.63) is 54.0 Å². The molecule has 2 heterocycles. The fourth-order valence-electron chi connectivity index (χ4n) is 2.04. The van der Waals surface area contributed by atoms with Gasteiger partial charge in [0.25, 0.3) is 0 Å². The molecule has 0 saturated heterocycles. The second kappa shape index (κ2) is 4.14. The molecule has 90 valence electrons. The Morgan fingerprint density at radius 2 is 2.22 bits per heavy atom. The summed E-state index contributed by atoms with van der Waals surface area (Å²) in [4.78, 5) is 12.2. The van der Waals surface area contributed by atoms with Crippen molar-refractivity contribution in [1.82, 2.24) is 9.78 Å². The minimum Gasteiger partial charge on any atom is -0.464 e. The van der Waals surface area contributed by atoms with Crippen molar-refractivity contribution in [3.8, 4) is 0 Å². The molecular weight excluding hydrogens is 228 g/mol. The summed E-state index contributed by atoms with van der Waals surface area (Å²) in [6.45, 7) is 0. The van der Waals surface area contributed by atoms with Gasteiger partial charge >= 0.3 is 0 Å². The predicted octanol–water partition coefficient (Wildman–Crippen LogP) is 2.59. The van der Waals surface area contributed by atoms with Crippen LogP contribution < -0.4 is 0 Å². The van der Waals surface area contributed by atoms with Gasteiger partial charge in [-0.15, -0.1) is 0 Å². The Morgan fingerprint density at radius 3 is 3.00 bits per heavy atom. The number of Topliss-reactive ketones (excluding diaryl/α,β-unsaturated/α-hetero) is 1. The van der Waals surface area contributed by atoms with Crippen molar-refractivity contribution >= 4 is 16.8 Å².